The fraction of sp³-hybridized carbons (Fsp3) is 0.133. The summed E-state index contributed by atoms with van der Waals surface area (Å²) in [7, 11) is 0. The fourth-order valence-electron chi connectivity index (χ4n) is 1.57. The lowest BCUT2D eigenvalue weighted by atomic mass is 10.1. The molecule has 0 saturated carbocycles. The Labute approximate surface area is 112 Å². The lowest BCUT2D eigenvalue weighted by molar-refractivity contribution is 0.0955. The maximum absolute atomic E-state index is 11.7. The van der Waals surface area contributed by atoms with Crippen LogP contribution in [0.4, 0.5) is 0 Å². The van der Waals surface area contributed by atoms with Crippen LogP contribution in [0.1, 0.15) is 28.4 Å². The zero-order valence-electron chi connectivity index (χ0n) is 10.7. The van der Waals surface area contributed by atoms with Gasteiger partial charge in [-0.3, -0.25) is 9.78 Å². The van der Waals surface area contributed by atoms with Gasteiger partial charge in [-0.25, -0.2) is 5.43 Å². The van der Waals surface area contributed by atoms with E-state index in [1.165, 1.54) is 5.56 Å². The first-order valence-electron chi connectivity index (χ1n) is 6.12. The molecule has 1 N–H and O–H groups in total. The highest BCUT2D eigenvalue weighted by atomic mass is 16.2. The molecule has 0 bridgehead atoms. The molecule has 0 saturated heterocycles. The highest BCUT2D eigenvalue weighted by Gasteiger charge is 2.01. The summed E-state index contributed by atoms with van der Waals surface area (Å²) in [5.41, 5.74) is 5.24. The quantitative estimate of drug-likeness (QED) is 0.672. The molecule has 1 aromatic heterocycles. The van der Waals surface area contributed by atoms with E-state index in [2.05, 4.69) is 22.4 Å². The van der Waals surface area contributed by atoms with Crippen LogP contribution in [0.5, 0.6) is 0 Å². The van der Waals surface area contributed by atoms with Crippen LogP contribution >= 0.6 is 0 Å². The number of nitrogens with one attached hydrogen (secondary N) is 1. The second kappa shape index (κ2) is 6.44. The third kappa shape index (κ3) is 3.74. The minimum Gasteiger partial charge on any atom is -0.267 e. The van der Waals surface area contributed by atoms with Crippen LogP contribution in [0.25, 0.3) is 0 Å². The maximum atomic E-state index is 11.7. The molecule has 1 amide bonds. The Balaban J connectivity index is 1.94. The number of aromatic nitrogens is 1. The predicted molar refractivity (Wildman–Crippen MR) is 75.1 cm³/mol. The molecule has 0 spiro atoms. The number of hydrazone groups is 1. The van der Waals surface area contributed by atoms with E-state index in [0.717, 1.165) is 12.0 Å². The van der Waals surface area contributed by atoms with Crippen molar-refractivity contribution in [2.24, 2.45) is 5.10 Å². The zero-order chi connectivity index (χ0) is 13.5. The Bertz CT molecular complexity index is 562. The van der Waals surface area contributed by atoms with Crippen molar-refractivity contribution in [2.45, 2.75) is 13.3 Å². The average Bonchev–Trinajstić information content (AvgIpc) is 2.49. The number of rotatable bonds is 4. The molecular weight excluding hydrogens is 238 g/mol. The van der Waals surface area contributed by atoms with Gasteiger partial charge in [0.2, 0.25) is 0 Å². The van der Waals surface area contributed by atoms with Crippen LogP contribution in [0, 0.1) is 0 Å². The second-order valence-electron chi connectivity index (χ2n) is 4.03. The summed E-state index contributed by atoms with van der Waals surface area (Å²) in [4.78, 5) is 15.5. The number of amides is 1. The summed E-state index contributed by atoms with van der Waals surface area (Å²) >= 11 is 0. The molecule has 0 unspecified atom stereocenters. The predicted octanol–water partition coefficient (Wildman–Crippen LogP) is 2.41. The van der Waals surface area contributed by atoms with E-state index in [9.17, 15) is 4.79 Å². The van der Waals surface area contributed by atoms with Crippen molar-refractivity contribution in [3.63, 3.8) is 0 Å². The number of hydrogen-bond acceptors (Lipinski definition) is 3. The first-order chi connectivity index (χ1) is 9.29. The van der Waals surface area contributed by atoms with E-state index in [1.807, 2.05) is 24.3 Å². The van der Waals surface area contributed by atoms with Crippen LogP contribution in [0.3, 0.4) is 0 Å². The van der Waals surface area contributed by atoms with E-state index < -0.39 is 0 Å². The van der Waals surface area contributed by atoms with Crippen LogP contribution in [-0.4, -0.2) is 17.1 Å². The number of carbonyl (C=O) groups excluding carboxylic acids is 1. The first kappa shape index (κ1) is 13.0. The third-order valence-corrected chi connectivity index (χ3v) is 2.71. The van der Waals surface area contributed by atoms with Gasteiger partial charge in [0.15, 0.2) is 0 Å². The Hall–Kier alpha value is -2.49. The molecule has 4 nitrogen and oxygen atoms in total. The van der Waals surface area contributed by atoms with Gasteiger partial charge in [0.1, 0.15) is 0 Å². The van der Waals surface area contributed by atoms with Gasteiger partial charge in [-0.15, -0.1) is 0 Å². The topological polar surface area (TPSA) is 54.4 Å². The normalized spacial score (nSPS) is 10.6. The molecule has 19 heavy (non-hydrogen) atoms. The first-order valence-corrected chi connectivity index (χ1v) is 6.12. The summed E-state index contributed by atoms with van der Waals surface area (Å²) in [6.45, 7) is 2.11. The monoisotopic (exact) mass is 253 g/mol. The van der Waals surface area contributed by atoms with Crippen LogP contribution in [0.2, 0.25) is 0 Å². The van der Waals surface area contributed by atoms with Gasteiger partial charge >= 0.3 is 0 Å². The molecular formula is C15H15N3O. The van der Waals surface area contributed by atoms with Gasteiger partial charge in [-0.05, 0) is 29.7 Å². The number of nitrogens with zero attached hydrogens (tertiary/aromatic N) is 2. The lowest BCUT2D eigenvalue weighted by Gasteiger charge is -1.99. The second-order valence-corrected chi connectivity index (χ2v) is 4.03. The molecule has 1 heterocycles. The summed E-state index contributed by atoms with van der Waals surface area (Å²) in [6.07, 6.45) is 5.78. The van der Waals surface area contributed by atoms with Crippen molar-refractivity contribution in [1.82, 2.24) is 10.4 Å². The van der Waals surface area contributed by atoms with Crippen molar-refractivity contribution in [2.75, 3.05) is 0 Å². The molecule has 96 valence electrons. The molecule has 0 fully saturated rings. The highest BCUT2D eigenvalue weighted by molar-refractivity contribution is 5.94. The Morgan fingerprint density at radius 2 is 1.89 bits per heavy atom. The van der Waals surface area contributed by atoms with Crippen molar-refractivity contribution in [3.05, 3.63) is 65.5 Å². The van der Waals surface area contributed by atoms with Gasteiger partial charge in [0.25, 0.3) is 5.91 Å². The zero-order valence-corrected chi connectivity index (χ0v) is 10.7. The summed E-state index contributed by atoms with van der Waals surface area (Å²) in [6, 6.07) is 11.3. The number of hydrogen-bond donors (Lipinski definition) is 1. The molecule has 2 rings (SSSR count). The van der Waals surface area contributed by atoms with Crippen molar-refractivity contribution in [1.29, 1.82) is 0 Å². The number of benzene rings is 1. The van der Waals surface area contributed by atoms with E-state index in [4.69, 9.17) is 0 Å². The van der Waals surface area contributed by atoms with Crippen LogP contribution < -0.4 is 5.43 Å². The van der Waals surface area contributed by atoms with E-state index in [1.54, 1.807) is 30.7 Å². The highest BCUT2D eigenvalue weighted by Crippen LogP contribution is 2.02. The minimum atomic E-state index is -0.246. The van der Waals surface area contributed by atoms with Crippen molar-refractivity contribution >= 4 is 12.1 Å². The summed E-state index contributed by atoms with van der Waals surface area (Å²) in [5, 5.41) is 3.93. The van der Waals surface area contributed by atoms with Gasteiger partial charge in [0.05, 0.1) is 6.21 Å². The minimum absolute atomic E-state index is 0.246. The Morgan fingerprint density at radius 3 is 2.53 bits per heavy atom. The van der Waals surface area contributed by atoms with E-state index in [-0.39, 0.29) is 5.91 Å². The smallest absolute Gasteiger partial charge is 0.267 e. The molecule has 0 aliphatic heterocycles. The molecule has 1 aromatic carbocycles. The summed E-state index contributed by atoms with van der Waals surface area (Å²) in [5.74, 6) is -0.246. The van der Waals surface area contributed by atoms with Gasteiger partial charge < -0.3 is 0 Å². The molecule has 2 aromatic rings. The van der Waals surface area contributed by atoms with E-state index in [0.29, 0.717) is 5.56 Å². The van der Waals surface area contributed by atoms with Crippen LogP contribution in [0.15, 0.2) is 53.9 Å². The summed E-state index contributed by atoms with van der Waals surface area (Å²) < 4.78 is 0. The van der Waals surface area contributed by atoms with E-state index >= 15 is 0 Å². The average molecular weight is 253 g/mol. The number of pyridine rings is 1. The van der Waals surface area contributed by atoms with Gasteiger partial charge in [0, 0.05) is 18.0 Å². The molecule has 0 atom stereocenters. The van der Waals surface area contributed by atoms with Crippen LogP contribution in [-0.2, 0) is 6.42 Å². The SMILES string of the molecule is CCc1ccc(C=NNC(=O)c2ccncc2)cc1. The fourth-order valence-corrected chi connectivity index (χ4v) is 1.57. The molecule has 0 radical (unpaired) electrons. The number of aryl methyl sites for hydroxylation is 1. The third-order valence-electron chi connectivity index (χ3n) is 2.71. The molecule has 0 aliphatic rings. The van der Waals surface area contributed by atoms with Gasteiger partial charge in [-0.2, -0.15) is 5.10 Å². The largest absolute Gasteiger partial charge is 0.271 e. The standard InChI is InChI=1S/C15H15N3O/c1-2-12-3-5-13(6-4-12)11-17-18-15(19)14-7-9-16-10-8-14/h3-11H,2H2,1H3,(H,18,19). The molecule has 0 aliphatic carbocycles. The van der Waals surface area contributed by atoms with Crippen molar-refractivity contribution in [3.8, 4) is 0 Å². The molecule has 4 heteroatoms. The lowest BCUT2D eigenvalue weighted by Crippen LogP contribution is -2.17. The van der Waals surface area contributed by atoms with Gasteiger partial charge in [-0.1, -0.05) is 31.2 Å². The Kier molecular flexibility index (Phi) is 4.39. The van der Waals surface area contributed by atoms with Crippen molar-refractivity contribution < 1.29 is 4.79 Å². The number of carbonyl (C=O) groups is 1. The maximum Gasteiger partial charge on any atom is 0.271 e. The Morgan fingerprint density at radius 1 is 1.21 bits per heavy atom.